The summed E-state index contributed by atoms with van der Waals surface area (Å²) in [4.78, 5) is 11.5. The van der Waals surface area contributed by atoms with Crippen molar-refractivity contribution in [2.24, 2.45) is 5.73 Å². The summed E-state index contributed by atoms with van der Waals surface area (Å²) >= 11 is 1.64. The molecule has 1 unspecified atom stereocenters. The molecule has 0 aliphatic rings. The summed E-state index contributed by atoms with van der Waals surface area (Å²) in [7, 11) is 0. The Hall–Kier alpha value is -1.07. The summed E-state index contributed by atoms with van der Waals surface area (Å²) in [5, 5.41) is 2.89. The number of hydrogen-bond acceptors (Lipinski definition) is 3. The van der Waals surface area contributed by atoms with Crippen molar-refractivity contribution in [1.29, 1.82) is 0 Å². The van der Waals surface area contributed by atoms with Gasteiger partial charge in [0.25, 0.3) is 0 Å². The Kier molecular flexibility index (Phi) is 6.00. The summed E-state index contributed by atoms with van der Waals surface area (Å²) in [5.41, 5.74) is 5.69. The SMILES string of the molecule is CC(CN)SCCC(=O)Nc1ccccc1F. The van der Waals surface area contributed by atoms with Crippen molar-refractivity contribution in [3.05, 3.63) is 30.1 Å². The van der Waals surface area contributed by atoms with Gasteiger partial charge in [-0.3, -0.25) is 4.79 Å². The molecule has 1 rings (SSSR count). The van der Waals surface area contributed by atoms with E-state index in [9.17, 15) is 9.18 Å². The first kappa shape index (κ1) is 14.0. The normalized spacial score (nSPS) is 12.2. The summed E-state index contributed by atoms with van der Waals surface area (Å²) in [6.07, 6.45) is 0.364. The van der Waals surface area contributed by atoms with E-state index in [2.05, 4.69) is 5.32 Å². The molecule has 1 aromatic carbocycles. The molecular formula is C12H17FN2OS. The van der Waals surface area contributed by atoms with Crippen LogP contribution in [0.25, 0.3) is 0 Å². The highest BCUT2D eigenvalue weighted by atomic mass is 32.2. The minimum Gasteiger partial charge on any atom is -0.329 e. The van der Waals surface area contributed by atoms with Gasteiger partial charge in [0.1, 0.15) is 5.82 Å². The number of anilines is 1. The van der Waals surface area contributed by atoms with Crippen LogP contribution in [-0.4, -0.2) is 23.5 Å². The summed E-state index contributed by atoms with van der Waals surface area (Å²) < 4.78 is 13.2. The van der Waals surface area contributed by atoms with Crippen LogP contribution in [0, 0.1) is 5.82 Å². The highest BCUT2D eigenvalue weighted by molar-refractivity contribution is 7.99. The van der Waals surface area contributed by atoms with Crippen molar-refractivity contribution in [3.8, 4) is 0 Å². The molecule has 0 fully saturated rings. The summed E-state index contributed by atoms with van der Waals surface area (Å²) in [5.74, 6) is 0.106. The average Bonchev–Trinajstić information content (AvgIpc) is 2.32. The smallest absolute Gasteiger partial charge is 0.225 e. The van der Waals surface area contributed by atoms with Gasteiger partial charge in [-0.2, -0.15) is 11.8 Å². The van der Waals surface area contributed by atoms with Crippen molar-refractivity contribution < 1.29 is 9.18 Å². The maximum absolute atomic E-state index is 13.2. The molecule has 17 heavy (non-hydrogen) atoms. The number of amides is 1. The van der Waals surface area contributed by atoms with Crippen LogP contribution in [0.3, 0.4) is 0 Å². The molecule has 0 bridgehead atoms. The van der Waals surface area contributed by atoms with Crippen molar-refractivity contribution in [3.63, 3.8) is 0 Å². The average molecular weight is 256 g/mol. The van der Waals surface area contributed by atoms with E-state index in [4.69, 9.17) is 5.73 Å². The van der Waals surface area contributed by atoms with Gasteiger partial charge >= 0.3 is 0 Å². The molecule has 1 amide bonds. The predicted molar refractivity (Wildman–Crippen MR) is 70.6 cm³/mol. The van der Waals surface area contributed by atoms with E-state index in [1.165, 1.54) is 6.07 Å². The summed E-state index contributed by atoms with van der Waals surface area (Å²) in [6.45, 7) is 2.61. The van der Waals surface area contributed by atoms with Gasteiger partial charge < -0.3 is 11.1 Å². The van der Waals surface area contributed by atoms with Crippen LogP contribution in [0.2, 0.25) is 0 Å². The number of hydrogen-bond donors (Lipinski definition) is 2. The first-order chi connectivity index (χ1) is 8.13. The minimum atomic E-state index is -0.413. The van der Waals surface area contributed by atoms with Gasteiger partial charge in [-0.15, -0.1) is 0 Å². The summed E-state index contributed by atoms with van der Waals surface area (Å²) in [6, 6.07) is 6.14. The number of para-hydroxylation sites is 1. The topological polar surface area (TPSA) is 55.1 Å². The van der Waals surface area contributed by atoms with E-state index in [0.717, 1.165) is 0 Å². The minimum absolute atomic E-state index is 0.174. The van der Waals surface area contributed by atoms with Gasteiger partial charge in [-0.25, -0.2) is 4.39 Å². The van der Waals surface area contributed by atoms with Crippen molar-refractivity contribution in [2.75, 3.05) is 17.6 Å². The van der Waals surface area contributed by atoms with Crippen LogP contribution in [0.15, 0.2) is 24.3 Å². The third-order valence-electron chi connectivity index (χ3n) is 2.21. The fraction of sp³-hybridized carbons (Fsp3) is 0.417. The number of benzene rings is 1. The van der Waals surface area contributed by atoms with E-state index in [-0.39, 0.29) is 11.6 Å². The fourth-order valence-corrected chi connectivity index (χ4v) is 2.04. The third-order valence-corrected chi connectivity index (χ3v) is 3.41. The second-order valence-electron chi connectivity index (χ2n) is 3.70. The van der Waals surface area contributed by atoms with Gasteiger partial charge in [0.15, 0.2) is 0 Å². The molecule has 0 radical (unpaired) electrons. The van der Waals surface area contributed by atoms with Crippen molar-refractivity contribution in [2.45, 2.75) is 18.6 Å². The van der Waals surface area contributed by atoms with Gasteiger partial charge in [0.05, 0.1) is 5.69 Å². The number of rotatable bonds is 6. The second-order valence-corrected chi connectivity index (χ2v) is 5.24. The van der Waals surface area contributed by atoms with Gasteiger partial charge in [0, 0.05) is 24.0 Å². The number of nitrogens with one attached hydrogen (secondary N) is 1. The van der Waals surface area contributed by atoms with E-state index in [0.29, 0.717) is 24.0 Å². The Balaban J connectivity index is 2.33. The number of carbonyl (C=O) groups is 1. The van der Waals surface area contributed by atoms with E-state index < -0.39 is 5.82 Å². The molecule has 94 valence electrons. The zero-order valence-corrected chi connectivity index (χ0v) is 10.6. The van der Waals surface area contributed by atoms with Crippen molar-refractivity contribution >= 4 is 23.4 Å². The predicted octanol–water partition coefficient (Wildman–Crippen LogP) is 2.23. The first-order valence-corrected chi connectivity index (χ1v) is 6.54. The fourth-order valence-electron chi connectivity index (χ4n) is 1.20. The van der Waals surface area contributed by atoms with Gasteiger partial charge in [0.2, 0.25) is 5.91 Å². The number of thioether (sulfide) groups is 1. The van der Waals surface area contributed by atoms with Crippen LogP contribution in [-0.2, 0) is 4.79 Å². The molecule has 3 nitrogen and oxygen atoms in total. The second kappa shape index (κ2) is 7.29. The van der Waals surface area contributed by atoms with E-state index >= 15 is 0 Å². The highest BCUT2D eigenvalue weighted by Crippen LogP contribution is 2.14. The van der Waals surface area contributed by atoms with Crippen LogP contribution in [0.1, 0.15) is 13.3 Å². The van der Waals surface area contributed by atoms with Gasteiger partial charge in [-0.05, 0) is 12.1 Å². The van der Waals surface area contributed by atoms with E-state index in [1.54, 1.807) is 30.0 Å². The Morgan fingerprint density at radius 1 is 1.53 bits per heavy atom. The van der Waals surface area contributed by atoms with E-state index in [1.807, 2.05) is 6.92 Å². The van der Waals surface area contributed by atoms with Crippen molar-refractivity contribution in [1.82, 2.24) is 0 Å². The molecule has 0 saturated carbocycles. The zero-order valence-electron chi connectivity index (χ0n) is 9.78. The molecule has 1 atom stereocenters. The Morgan fingerprint density at radius 2 is 2.24 bits per heavy atom. The molecule has 0 heterocycles. The van der Waals surface area contributed by atoms with Crippen LogP contribution in [0.5, 0.6) is 0 Å². The Morgan fingerprint density at radius 3 is 2.88 bits per heavy atom. The number of halogens is 1. The quantitative estimate of drug-likeness (QED) is 0.820. The number of carbonyl (C=O) groups excluding carboxylic acids is 1. The standard InChI is InChI=1S/C12H17FN2OS/c1-9(8-14)17-7-6-12(16)15-11-5-3-2-4-10(11)13/h2-5,9H,6-8,14H2,1H3,(H,15,16). The molecule has 1 aromatic rings. The van der Waals surface area contributed by atoms with Gasteiger partial charge in [-0.1, -0.05) is 19.1 Å². The lowest BCUT2D eigenvalue weighted by atomic mass is 10.3. The largest absolute Gasteiger partial charge is 0.329 e. The van der Waals surface area contributed by atoms with Crippen LogP contribution in [0.4, 0.5) is 10.1 Å². The number of nitrogens with two attached hydrogens (primary N) is 1. The molecule has 0 aliphatic heterocycles. The highest BCUT2D eigenvalue weighted by Gasteiger charge is 2.07. The Labute approximate surface area is 105 Å². The molecule has 3 N–H and O–H groups in total. The lowest BCUT2D eigenvalue weighted by molar-refractivity contribution is -0.115. The van der Waals surface area contributed by atoms with Crippen LogP contribution >= 0.6 is 11.8 Å². The molecule has 0 aliphatic carbocycles. The monoisotopic (exact) mass is 256 g/mol. The first-order valence-electron chi connectivity index (χ1n) is 5.49. The zero-order chi connectivity index (χ0) is 12.7. The third kappa shape index (κ3) is 5.19. The van der Waals surface area contributed by atoms with Crippen LogP contribution < -0.4 is 11.1 Å². The molecule has 5 heteroatoms. The Bertz CT molecular complexity index is 373. The lowest BCUT2D eigenvalue weighted by Crippen LogP contribution is -2.16. The maximum atomic E-state index is 13.2. The lowest BCUT2D eigenvalue weighted by Gasteiger charge is -2.08. The molecule has 0 spiro atoms. The molecule has 0 saturated heterocycles. The maximum Gasteiger partial charge on any atom is 0.225 e. The molecular weight excluding hydrogens is 239 g/mol. The molecule has 0 aromatic heterocycles.